The quantitative estimate of drug-likeness (QED) is 0.284. The third-order valence-electron chi connectivity index (χ3n) is 3.81. The summed E-state index contributed by atoms with van der Waals surface area (Å²) in [5.41, 5.74) is 9.91. The van der Waals surface area contributed by atoms with Gasteiger partial charge in [0.15, 0.2) is 5.84 Å². The standard InChI is InChI=1S/C18H21N7/c1-12-7-8-14(16(11-12)17(20)24-22)13-5-2-3-6-15(13)18(21)25(23)10-4-9-19/h2-3,5-8,11,21H,4,10,22-23H2,1H3,(H2,20,24). The van der Waals surface area contributed by atoms with Crippen LogP contribution in [-0.2, 0) is 0 Å². The predicted molar refractivity (Wildman–Crippen MR) is 99.5 cm³/mol. The maximum atomic E-state index is 8.71. The van der Waals surface area contributed by atoms with E-state index in [0.29, 0.717) is 11.1 Å². The number of nitrogens with zero attached hydrogens (tertiary/aromatic N) is 3. The van der Waals surface area contributed by atoms with E-state index in [0.717, 1.165) is 16.7 Å². The maximum Gasteiger partial charge on any atom is 0.150 e. The van der Waals surface area contributed by atoms with Crippen molar-refractivity contribution in [2.24, 2.45) is 22.5 Å². The first kappa shape index (κ1) is 18.0. The molecule has 0 saturated carbocycles. The van der Waals surface area contributed by atoms with Crippen molar-refractivity contribution in [2.75, 3.05) is 6.54 Å². The molecule has 2 rings (SSSR count). The summed E-state index contributed by atoms with van der Waals surface area (Å²) in [6.07, 6.45) is 0.240. The first-order valence-corrected chi connectivity index (χ1v) is 7.71. The second-order valence-electron chi connectivity index (χ2n) is 5.56. The van der Waals surface area contributed by atoms with Crippen LogP contribution in [0.2, 0.25) is 0 Å². The van der Waals surface area contributed by atoms with E-state index in [9.17, 15) is 0 Å². The minimum Gasteiger partial charge on any atom is -0.382 e. The van der Waals surface area contributed by atoms with E-state index in [-0.39, 0.29) is 24.6 Å². The number of nitriles is 1. The van der Waals surface area contributed by atoms with Crippen LogP contribution in [0, 0.1) is 23.7 Å². The third-order valence-corrected chi connectivity index (χ3v) is 3.81. The molecule has 0 aliphatic heterocycles. The Morgan fingerprint density at radius 1 is 1.20 bits per heavy atom. The van der Waals surface area contributed by atoms with E-state index in [2.05, 4.69) is 5.10 Å². The molecular weight excluding hydrogens is 314 g/mol. The van der Waals surface area contributed by atoms with Crippen LogP contribution in [0.1, 0.15) is 23.1 Å². The van der Waals surface area contributed by atoms with Crippen molar-refractivity contribution in [3.63, 3.8) is 0 Å². The molecule has 0 heterocycles. The zero-order chi connectivity index (χ0) is 18.4. The van der Waals surface area contributed by atoms with Gasteiger partial charge in [-0.05, 0) is 24.1 Å². The van der Waals surface area contributed by atoms with Crippen LogP contribution in [0.5, 0.6) is 0 Å². The molecule has 7 N–H and O–H groups in total. The number of hydrogen-bond donors (Lipinski definition) is 4. The van der Waals surface area contributed by atoms with E-state index >= 15 is 0 Å². The molecule has 0 saturated heterocycles. The number of hydrogen-bond acceptors (Lipinski definition) is 5. The molecule has 2 aromatic rings. The van der Waals surface area contributed by atoms with Gasteiger partial charge in [0.2, 0.25) is 0 Å². The van der Waals surface area contributed by atoms with Gasteiger partial charge < -0.3 is 11.6 Å². The second-order valence-corrected chi connectivity index (χ2v) is 5.56. The molecule has 0 atom stereocenters. The van der Waals surface area contributed by atoms with Crippen LogP contribution in [0.4, 0.5) is 0 Å². The number of hydrazone groups is 1. The minimum absolute atomic E-state index is 0.126. The van der Waals surface area contributed by atoms with Crippen molar-refractivity contribution >= 4 is 11.7 Å². The van der Waals surface area contributed by atoms with Gasteiger partial charge in [-0.3, -0.25) is 10.4 Å². The molecule has 0 aliphatic carbocycles. The molecule has 0 unspecified atom stereocenters. The van der Waals surface area contributed by atoms with Crippen LogP contribution < -0.4 is 17.4 Å². The fourth-order valence-electron chi connectivity index (χ4n) is 2.54. The lowest BCUT2D eigenvalue weighted by molar-refractivity contribution is 0.448. The fraction of sp³-hybridized carbons (Fsp3) is 0.167. The molecular formula is C18H21N7. The fourth-order valence-corrected chi connectivity index (χ4v) is 2.54. The first-order chi connectivity index (χ1) is 12.0. The number of nitrogens with two attached hydrogens (primary N) is 3. The molecule has 0 fully saturated rings. The highest BCUT2D eigenvalue weighted by atomic mass is 15.4. The predicted octanol–water partition coefficient (Wildman–Crippen LogP) is 1.66. The van der Waals surface area contributed by atoms with Crippen LogP contribution >= 0.6 is 0 Å². The Morgan fingerprint density at radius 2 is 1.88 bits per heavy atom. The molecule has 128 valence electrons. The first-order valence-electron chi connectivity index (χ1n) is 7.71. The van der Waals surface area contributed by atoms with Gasteiger partial charge in [0, 0.05) is 17.7 Å². The van der Waals surface area contributed by atoms with Crippen LogP contribution in [0.3, 0.4) is 0 Å². The molecule has 25 heavy (non-hydrogen) atoms. The van der Waals surface area contributed by atoms with E-state index < -0.39 is 0 Å². The Hall–Kier alpha value is -3.37. The number of hydrazine groups is 1. The van der Waals surface area contributed by atoms with Gasteiger partial charge >= 0.3 is 0 Å². The average molecular weight is 335 g/mol. The van der Waals surface area contributed by atoms with Gasteiger partial charge in [-0.2, -0.15) is 10.4 Å². The van der Waals surface area contributed by atoms with Gasteiger partial charge in [-0.25, -0.2) is 5.84 Å². The van der Waals surface area contributed by atoms with Crippen LogP contribution in [0.25, 0.3) is 11.1 Å². The van der Waals surface area contributed by atoms with Gasteiger partial charge in [0.25, 0.3) is 0 Å². The lowest BCUT2D eigenvalue weighted by Gasteiger charge is -2.21. The van der Waals surface area contributed by atoms with Crippen molar-refractivity contribution in [3.8, 4) is 17.2 Å². The Labute approximate surface area is 146 Å². The Balaban J connectivity index is 2.56. The zero-order valence-corrected chi connectivity index (χ0v) is 14.0. The topological polar surface area (TPSA) is 141 Å². The van der Waals surface area contributed by atoms with Crippen LogP contribution in [-0.4, -0.2) is 23.2 Å². The second kappa shape index (κ2) is 7.95. The molecule has 0 aliphatic rings. The van der Waals surface area contributed by atoms with Gasteiger partial charge in [0.05, 0.1) is 12.5 Å². The maximum absolute atomic E-state index is 8.71. The summed E-state index contributed by atoms with van der Waals surface area (Å²) in [6.45, 7) is 2.23. The number of aryl methyl sites for hydroxylation is 1. The Bertz CT molecular complexity index is 849. The smallest absolute Gasteiger partial charge is 0.150 e. The summed E-state index contributed by atoms with van der Waals surface area (Å²) < 4.78 is 0. The molecule has 2 aromatic carbocycles. The van der Waals surface area contributed by atoms with Crippen molar-refractivity contribution in [2.45, 2.75) is 13.3 Å². The number of nitrogens with one attached hydrogen (secondary N) is 1. The average Bonchev–Trinajstić information content (AvgIpc) is 2.64. The summed E-state index contributed by atoms with van der Waals surface area (Å²) in [7, 11) is 0. The van der Waals surface area contributed by atoms with E-state index in [4.69, 9.17) is 28.1 Å². The highest BCUT2D eigenvalue weighted by Gasteiger charge is 2.17. The van der Waals surface area contributed by atoms with Crippen molar-refractivity contribution < 1.29 is 0 Å². The van der Waals surface area contributed by atoms with Crippen molar-refractivity contribution in [3.05, 3.63) is 59.2 Å². The summed E-state index contributed by atoms with van der Waals surface area (Å²) >= 11 is 0. The van der Waals surface area contributed by atoms with Crippen LogP contribution in [0.15, 0.2) is 47.6 Å². The normalized spacial score (nSPS) is 11.0. The van der Waals surface area contributed by atoms with E-state index in [1.165, 1.54) is 5.01 Å². The van der Waals surface area contributed by atoms with Gasteiger partial charge in [-0.1, -0.05) is 42.0 Å². The summed E-state index contributed by atoms with van der Waals surface area (Å²) in [6, 6.07) is 15.2. The molecule has 0 amide bonds. The van der Waals surface area contributed by atoms with Gasteiger partial charge in [-0.15, -0.1) is 0 Å². The number of rotatable bonds is 5. The number of amidine groups is 2. The molecule has 7 nitrogen and oxygen atoms in total. The van der Waals surface area contributed by atoms with Gasteiger partial charge in [0.1, 0.15) is 5.84 Å². The minimum atomic E-state index is 0.126. The molecule has 0 bridgehead atoms. The lowest BCUT2D eigenvalue weighted by atomic mass is 9.93. The third kappa shape index (κ3) is 3.94. The molecule has 0 spiro atoms. The SMILES string of the molecule is Cc1ccc(-c2ccccc2C(=N)N(N)CCC#N)c(C(N)=NN)c1. The van der Waals surface area contributed by atoms with E-state index in [1.807, 2.05) is 55.5 Å². The molecule has 0 aromatic heterocycles. The Kier molecular flexibility index (Phi) is 5.71. The molecule has 7 heteroatoms. The van der Waals surface area contributed by atoms with Crippen molar-refractivity contribution in [1.29, 1.82) is 10.7 Å². The zero-order valence-electron chi connectivity index (χ0n) is 14.0. The largest absolute Gasteiger partial charge is 0.382 e. The highest BCUT2D eigenvalue weighted by molar-refractivity contribution is 6.08. The van der Waals surface area contributed by atoms with Crippen molar-refractivity contribution in [1.82, 2.24) is 5.01 Å². The van der Waals surface area contributed by atoms with E-state index in [1.54, 1.807) is 0 Å². The summed E-state index contributed by atoms with van der Waals surface area (Å²) in [5, 5.41) is 21.9. The number of benzene rings is 2. The monoisotopic (exact) mass is 335 g/mol. The lowest BCUT2D eigenvalue weighted by Crippen LogP contribution is -2.38. The molecule has 0 radical (unpaired) electrons. The summed E-state index contributed by atoms with van der Waals surface area (Å²) in [4.78, 5) is 0. The highest BCUT2D eigenvalue weighted by Crippen LogP contribution is 2.28. The summed E-state index contributed by atoms with van der Waals surface area (Å²) in [5.74, 6) is 11.6. The Morgan fingerprint density at radius 3 is 2.56 bits per heavy atom.